The van der Waals surface area contributed by atoms with Gasteiger partial charge in [0.05, 0.1) is 0 Å². The highest BCUT2D eigenvalue weighted by atomic mass is 16.3. The third kappa shape index (κ3) is 17.6. The maximum Gasteiger partial charge on any atom is 0.0483 e. The summed E-state index contributed by atoms with van der Waals surface area (Å²) in [4.78, 5) is 0. The van der Waals surface area contributed by atoms with Crippen LogP contribution >= 0.6 is 0 Å². The lowest BCUT2D eigenvalue weighted by atomic mass is 10.4. The van der Waals surface area contributed by atoms with Crippen LogP contribution in [0.15, 0.2) is 36.4 Å². The Balaban J connectivity index is 0. The van der Waals surface area contributed by atoms with E-state index < -0.39 is 0 Å². The second kappa shape index (κ2) is 9.14. The molecule has 0 atom stereocenters. The van der Waals surface area contributed by atoms with E-state index in [1.807, 2.05) is 36.4 Å². The van der Waals surface area contributed by atoms with Crippen LogP contribution in [0.2, 0.25) is 0 Å². The van der Waals surface area contributed by atoms with Crippen molar-refractivity contribution in [2.75, 3.05) is 0 Å². The molecule has 0 radical (unpaired) electrons. The summed E-state index contributed by atoms with van der Waals surface area (Å²) in [6.45, 7) is 3.44. The lowest BCUT2D eigenvalue weighted by Gasteiger charge is -1.80. The van der Waals surface area contributed by atoms with Crippen LogP contribution in [0.1, 0.15) is 13.8 Å². The summed E-state index contributed by atoms with van der Waals surface area (Å²) in [6.07, 6.45) is -0.167. The van der Waals surface area contributed by atoms with E-state index >= 15 is 0 Å². The predicted octanol–water partition coefficient (Wildman–Crippen LogP) is 1.25. The Morgan fingerprint density at radius 1 is 0.818 bits per heavy atom. The molecule has 0 aliphatic rings. The number of hydrogen-bond donors (Lipinski definition) is 1. The number of hydrogen-bond acceptors (Lipinski definition) is 1. The minimum atomic E-state index is -0.167. The van der Waals surface area contributed by atoms with Gasteiger partial charge in [-0.05, 0) is 13.8 Å². The smallest absolute Gasteiger partial charge is 0.0483 e. The molecule has 0 saturated carbocycles. The number of rotatable bonds is 0. The average molecular weight is 156 g/mol. The lowest BCUT2D eigenvalue weighted by Crippen LogP contribution is -1.85. The molecule has 0 aliphatic heterocycles. The van der Waals surface area contributed by atoms with Crippen LogP contribution in [0.4, 0.5) is 0 Å². The summed E-state index contributed by atoms with van der Waals surface area (Å²) in [5.74, 6) is 0. The van der Waals surface area contributed by atoms with Gasteiger partial charge in [0.2, 0.25) is 0 Å². The largest absolute Gasteiger partial charge is 0.412 e. The maximum absolute atomic E-state index is 8.06. The van der Waals surface area contributed by atoms with Crippen LogP contribution in [-0.2, 0) is 0 Å². The monoisotopic (exact) mass is 156 g/mol. The van der Waals surface area contributed by atoms with Crippen molar-refractivity contribution in [2.24, 2.45) is 0 Å². The van der Waals surface area contributed by atoms with Gasteiger partial charge >= 0.3 is 0 Å². The molecule has 0 fully saturated rings. The molecule has 0 spiro atoms. The van der Waals surface area contributed by atoms with Gasteiger partial charge in [-0.3, -0.25) is 0 Å². The molecule has 0 bridgehead atoms. The van der Waals surface area contributed by atoms with Crippen molar-refractivity contribution in [1.29, 1.82) is 0 Å². The van der Waals surface area contributed by atoms with E-state index in [9.17, 15) is 0 Å². The zero-order valence-corrected chi connectivity index (χ0v) is 6.99. The van der Waals surface area contributed by atoms with Gasteiger partial charge in [-0.25, -0.2) is 0 Å². The Morgan fingerprint density at radius 2 is 0.909 bits per heavy atom. The van der Waals surface area contributed by atoms with E-state index in [-0.39, 0.29) is 11.6 Å². The summed E-state index contributed by atoms with van der Waals surface area (Å²) in [5, 5.41) is 8.06. The third-order valence-corrected chi connectivity index (χ3v) is 0.667. The van der Waals surface area contributed by atoms with Crippen LogP contribution in [0.3, 0.4) is 0 Å². The van der Waals surface area contributed by atoms with E-state index in [4.69, 9.17) is 5.11 Å². The van der Waals surface area contributed by atoms with Crippen molar-refractivity contribution in [3.8, 4) is 0 Å². The van der Waals surface area contributed by atoms with E-state index in [2.05, 4.69) is 0 Å². The Bertz CT molecular complexity index is 108. The molecule has 11 heavy (non-hydrogen) atoms. The summed E-state index contributed by atoms with van der Waals surface area (Å²) in [5.41, 5.74) is 0. The Hall–Kier alpha value is -0.860. The van der Waals surface area contributed by atoms with Crippen LogP contribution in [0, 0.1) is 0 Å². The van der Waals surface area contributed by atoms with E-state index in [0.29, 0.717) is 0 Å². The van der Waals surface area contributed by atoms with Crippen molar-refractivity contribution in [1.82, 2.24) is 0 Å². The summed E-state index contributed by atoms with van der Waals surface area (Å²) in [6, 6.07) is 12.0. The second-order valence-electron chi connectivity index (χ2n) is 2.25. The van der Waals surface area contributed by atoms with Crippen molar-refractivity contribution in [2.45, 2.75) is 20.0 Å². The first kappa shape index (κ1) is 12.8. The number of aliphatic hydroxyl groups is 1. The Labute approximate surface area is 67.8 Å². The van der Waals surface area contributed by atoms with Gasteiger partial charge in [-0.2, -0.15) is 0 Å². The quantitative estimate of drug-likeness (QED) is 0.603. The Morgan fingerprint density at radius 3 is 1.00 bits per heavy atom. The fourth-order valence-electron chi connectivity index (χ4n) is 0.385. The van der Waals surface area contributed by atoms with Crippen LogP contribution in [0.5, 0.6) is 0 Å². The molecule has 64 valence electrons. The maximum atomic E-state index is 8.06. The van der Waals surface area contributed by atoms with Gasteiger partial charge in [0, 0.05) is 6.10 Å². The van der Waals surface area contributed by atoms with Crippen LogP contribution < -0.4 is 0 Å². The van der Waals surface area contributed by atoms with Gasteiger partial charge in [-0.15, -0.1) is 0 Å². The highest BCUT2D eigenvalue weighted by molar-refractivity contribution is 4.99. The molecule has 0 aliphatic carbocycles. The Kier molecular flexibility index (Phi) is 10.6. The minimum Gasteiger partial charge on any atom is -0.412 e. The summed E-state index contributed by atoms with van der Waals surface area (Å²) >= 11 is 0. The molecule has 1 aromatic rings. The standard InChI is InChI=1S/C6H6.C3H8O.H2O/c1-2-4-6-5-3-1;1-3(2)4;/h1-6H;3-4H,1-2H3;1H2. The van der Waals surface area contributed by atoms with E-state index in [1.54, 1.807) is 13.8 Å². The normalized spacial score (nSPS) is 7.64. The molecular formula is C9H16O2. The molecule has 0 saturated heterocycles. The van der Waals surface area contributed by atoms with Crippen molar-refractivity contribution >= 4 is 0 Å². The molecule has 0 aromatic heterocycles. The number of benzene rings is 1. The average Bonchev–Trinajstić information content (AvgIpc) is 1.90. The number of aliphatic hydroxyl groups excluding tert-OH is 1. The molecule has 0 unspecified atom stereocenters. The highest BCUT2D eigenvalue weighted by Crippen LogP contribution is 1.79. The summed E-state index contributed by atoms with van der Waals surface area (Å²) in [7, 11) is 0. The van der Waals surface area contributed by atoms with Gasteiger partial charge in [-0.1, -0.05) is 36.4 Å². The molecule has 0 heterocycles. The zero-order chi connectivity index (χ0) is 7.82. The van der Waals surface area contributed by atoms with Crippen molar-refractivity contribution in [3.63, 3.8) is 0 Å². The highest BCUT2D eigenvalue weighted by Gasteiger charge is 1.69. The van der Waals surface area contributed by atoms with Gasteiger partial charge in [0.25, 0.3) is 0 Å². The van der Waals surface area contributed by atoms with Crippen LogP contribution in [-0.4, -0.2) is 16.7 Å². The van der Waals surface area contributed by atoms with E-state index in [0.717, 1.165) is 0 Å². The van der Waals surface area contributed by atoms with Crippen molar-refractivity contribution in [3.05, 3.63) is 36.4 Å². The molecule has 1 aromatic carbocycles. The lowest BCUT2D eigenvalue weighted by molar-refractivity contribution is 0.216. The predicted molar refractivity (Wildman–Crippen MR) is 47.4 cm³/mol. The van der Waals surface area contributed by atoms with Crippen LogP contribution in [0.25, 0.3) is 0 Å². The minimum absolute atomic E-state index is 0. The fourth-order valence-corrected chi connectivity index (χ4v) is 0.385. The van der Waals surface area contributed by atoms with Crippen molar-refractivity contribution < 1.29 is 10.6 Å². The molecule has 0 amide bonds. The first-order chi connectivity index (χ1) is 4.73. The van der Waals surface area contributed by atoms with Gasteiger partial charge in [0.15, 0.2) is 0 Å². The molecule has 2 heteroatoms. The topological polar surface area (TPSA) is 51.7 Å². The SMILES string of the molecule is CC(C)O.O.c1ccccc1. The first-order valence-electron chi connectivity index (χ1n) is 3.41. The third-order valence-electron chi connectivity index (χ3n) is 0.667. The first-order valence-corrected chi connectivity index (χ1v) is 3.41. The molecule has 3 N–H and O–H groups in total. The van der Waals surface area contributed by atoms with Gasteiger partial charge in [0.1, 0.15) is 0 Å². The summed E-state index contributed by atoms with van der Waals surface area (Å²) < 4.78 is 0. The fraction of sp³-hybridized carbons (Fsp3) is 0.333. The van der Waals surface area contributed by atoms with E-state index in [1.165, 1.54) is 0 Å². The molecular weight excluding hydrogens is 140 g/mol. The molecule has 2 nitrogen and oxygen atoms in total. The van der Waals surface area contributed by atoms with Gasteiger partial charge < -0.3 is 10.6 Å². The molecule has 1 rings (SSSR count). The zero-order valence-electron chi connectivity index (χ0n) is 6.99. The second-order valence-corrected chi connectivity index (χ2v) is 2.25.